The summed E-state index contributed by atoms with van der Waals surface area (Å²) in [7, 11) is 3.84. The molecule has 0 saturated carbocycles. The number of carbonyl (C=O) groups excluding carboxylic acids is 1. The van der Waals surface area contributed by atoms with Gasteiger partial charge in [-0.25, -0.2) is 4.98 Å². The highest BCUT2D eigenvalue weighted by molar-refractivity contribution is 6.05. The molecule has 1 N–H and O–H groups in total. The molecular weight excluding hydrogens is 314 g/mol. The highest BCUT2D eigenvalue weighted by Crippen LogP contribution is 2.25. The van der Waals surface area contributed by atoms with Crippen molar-refractivity contribution in [3.8, 4) is 0 Å². The second-order valence-corrected chi connectivity index (χ2v) is 6.67. The van der Waals surface area contributed by atoms with Gasteiger partial charge in [0.2, 0.25) is 5.95 Å². The third-order valence-electron chi connectivity index (χ3n) is 4.38. The van der Waals surface area contributed by atoms with Crippen LogP contribution in [0.3, 0.4) is 0 Å². The van der Waals surface area contributed by atoms with Gasteiger partial charge in [0.1, 0.15) is 5.69 Å². The standard InChI is InChI=1S/C19H25N5O/c1-14-7-9-15(10-8-14)18(25)21-16-13-20-19(22-17(16)23(2)3)24-11-5-4-6-12-24/h7-10,13H,4-6,11-12H2,1-3H3,(H,21,25). The van der Waals surface area contributed by atoms with E-state index in [2.05, 4.69) is 20.2 Å². The number of hydrogen-bond donors (Lipinski definition) is 1. The largest absolute Gasteiger partial charge is 0.361 e. The first kappa shape index (κ1) is 17.2. The molecule has 0 unspecified atom stereocenters. The SMILES string of the molecule is Cc1ccc(C(=O)Nc2cnc(N3CCCCC3)nc2N(C)C)cc1. The number of anilines is 3. The van der Waals surface area contributed by atoms with E-state index in [0.717, 1.165) is 30.4 Å². The van der Waals surface area contributed by atoms with Crippen LogP contribution in [0.1, 0.15) is 35.2 Å². The average molecular weight is 339 g/mol. The van der Waals surface area contributed by atoms with E-state index in [1.807, 2.05) is 50.2 Å². The van der Waals surface area contributed by atoms with Crippen LogP contribution in [-0.2, 0) is 0 Å². The average Bonchev–Trinajstić information content (AvgIpc) is 2.63. The van der Waals surface area contributed by atoms with Gasteiger partial charge in [-0.15, -0.1) is 0 Å². The van der Waals surface area contributed by atoms with Crippen LogP contribution in [0.4, 0.5) is 17.5 Å². The first-order chi connectivity index (χ1) is 12.0. The van der Waals surface area contributed by atoms with E-state index in [1.54, 1.807) is 6.20 Å². The number of piperidine rings is 1. The summed E-state index contributed by atoms with van der Waals surface area (Å²) in [6.45, 7) is 3.98. The number of rotatable bonds is 4. The van der Waals surface area contributed by atoms with Gasteiger partial charge >= 0.3 is 0 Å². The van der Waals surface area contributed by atoms with Crippen LogP contribution in [-0.4, -0.2) is 43.1 Å². The van der Waals surface area contributed by atoms with Gasteiger partial charge in [0, 0.05) is 32.7 Å². The molecule has 1 aliphatic rings. The summed E-state index contributed by atoms with van der Waals surface area (Å²) < 4.78 is 0. The second-order valence-electron chi connectivity index (χ2n) is 6.67. The number of nitrogens with one attached hydrogen (secondary N) is 1. The summed E-state index contributed by atoms with van der Waals surface area (Å²) in [6.07, 6.45) is 5.32. The zero-order chi connectivity index (χ0) is 17.8. The van der Waals surface area contributed by atoms with Crippen LogP contribution in [0.25, 0.3) is 0 Å². The van der Waals surface area contributed by atoms with E-state index in [-0.39, 0.29) is 5.91 Å². The van der Waals surface area contributed by atoms with Crippen LogP contribution in [0.5, 0.6) is 0 Å². The predicted molar refractivity (Wildman–Crippen MR) is 102 cm³/mol. The number of benzene rings is 1. The molecule has 0 radical (unpaired) electrons. The van der Waals surface area contributed by atoms with Crippen molar-refractivity contribution in [2.24, 2.45) is 0 Å². The Bertz CT molecular complexity index is 736. The van der Waals surface area contributed by atoms with Crippen molar-refractivity contribution in [3.63, 3.8) is 0 Å². The van der Waals surface area contributed by atoms with Gasteiger partial charge in [0.25, 0.3) is 5.91 Å². The lowest BCUT2D eigenvalue weighted by Crippen LogP contribution is -2.31. The maximum Gasteiger partial charge on any atom is 0.255 e. The minimum absolute atomic E-state index is 0.155. The van der Waals surface area contributed by atoms with Crippen molar-refractivity contribution < 1.29 is 4.79 Å². The van der Waals surface area contributed by atoms with Crippen molar-refractivity contribution in [2.75, 3.05) is 42.3 Å². The molecule has 1 saturated heterocycles. The maximum absolute atomic E-state index is 12.5. The quantitative estimate of drug-likeness (QED) is 0.927. The fourth-order valence-corrected chi connectivity index (χ4v) is 2.94. The number of carbonyl (C=O) groups is 1. The number of hydrogen-bond acceptors (Lipinski definition) is 5. The van der Waals surface area contributed by atoms with Crippen molar-refractivity contribution >= 4 is 23.4 Å². The lowest BCUT2D eigenvalue weighted by molar-refractivity contribution is 0.102. The third kappa shape index (κ3) is 4.07. The zero-order valence-electron chi connectivity index (χ0n) is 15.1. The van der Waals surface area contributed by atoms with Gasteiger partial charge in [-0.3, -0.25) is 4.79 Å². The Morgan fingerprint density at radius 1 is 1.12 bits per heavy atom. The van der Waals surface area contributed by atoms with Crippen molar-refractivity contribution in [3.05, 3.63) is 41.6 Å². The van der Waals surface area contributed by atoms with Gasteiger partial charge < -0.3 is 15.1 Å². The lowest BCUT2D eigenvalue weighted by atomic mass is 10.1. The Morgan fingerprint density at radius 2 is 1.80 bits per heavy atom. The molecule has 0 atom stereocenters. The Hall–Kier alpha value is -2.63. The smallest absolute Gasteiger partial charge is 0.255 e. The number of aryl methyl sites for hydroxylation is 1. The maximum atomic E-state index is 12.5. The van der Waals surface area contributed by atoms with Crippen LogP contribution in [0.2, 0.25) is 0 Å². The summed E-state index contributed by atoms with van der Waals surface area (Å²) in [5.41, 5.74) is 2.37. The summed E-state index contributed by atoms with van der Waals surface area (Å²) in [4.78, 5) is 25.8. The third-order valence-corrected chi connectivity index (χ3v) is 4.38. The Labute approximate surface area is 148 Å². The van der Waals surface area contributed by atoms with Crippen LogP contribution < -0.4 is 15.1 Å². The minimum Gasteiger partial charge on any atom is -0.361 e. The highest BCUT2D eigenvalue weighted by Gasteiger charge is 2.18. The number of aromatic nitrogens is 2. The molecule has 2 aromatic rings. The Morgan fingerprint density at radius 3 is 2.44 bits per heavy atom. The van der Waals surface area contributed by atoms with Crippen molar-refractivity contribution in [1.82, 2.24) is 9.97 Å². The minimum atomic E-state index is -0.155. The van der Waals surface area contributed by atoms with Crippen LogP contribution in [0.15, 0.2) is 30.5 Å². The normalized spacial score (nSPS) is 14.3. The van der Waals surface area contributed by atoms with E-state index in [4.69, 9.17) is 0 Å². The topological polar surface area (TPSA) is 61.4 Å². The molecule has 0 spiro atoms. The van der Waals surface area contributed by atoms with Crippen LogP contribution >= 0.6 is 0 Å². The second kappa shape index (κ2) is 7.51. The van der Waals surface area contributed by atoms with Gasteiger partial charge in [-0.2, -0.15) is 4.98 Å². The molecule has 1 aliphatic heterocycles. The summed E-state index contributed by atoms with van der Waals surface area (Å²) in [5, 5.41) is 2.93. The fourth-order valence-electron chi connectivity index (χ4n) is 2.94. The molecule has 3 rings (SSSR count). The molecule has 132 valence electrons. The van der Waals surface area contributed by atoms with E-state index >= 15 is 0 Å². The van der Waals surface area contributed by atoms with E-state index < -0.39 is 0 Å². The summed E-state index contributed by atoms with van der Waals surface area (Å²) in [6, 6.07) is 7.50. The molecule has 1 amide bonds. The fraction of sp³-hybridized carbons (Fsp3) is 0.421. The molecule has 6 nitrogen and oxygen atoms in total. The molecule has 0 aliphatic carbocycles. The molecular formula is C19H25N5O. The van der Waals surface area contributed by atoms with E-state index in [1.165, 1.54) is 19.3 Å². The molecule has 1 fully saturated rings. The number of nitrogens with zero attached hydrogens (tertiary/aromatic N) is 4. The van der Waals surface area contributed by atoms with Crippen LogP contribution in [0, 0.1) is 6.92 Å². The predicted octanol–water partition coefficient (Wildman–Crippen LogP) is 3.09. The summed E-state index contributed by atoms with van der Waals surface area (Å²) in [5.74, 6) is 1.30. The van der Waals surface area contributed by atoms with Gasteiger partial charge in [0.05, 0.1) is 6.20 Å². The summed E-state index contributed by atoms with van der Waals surface area (Å²) >= 11 is 0. The monoisotopic (exact) mass is 339 g/mol. The van der Waals surface area contributed by atoms with Crippen molar-refractivity contribution in [1.29, 1.82) is 0 Å². The van der Waals surface area contributed by atoms with Gasteiger partial charge in [-0.1, -0.05) is 17.7 Å². The Balaban J connectivity index is 1.82. The highest BCUT2D eigenvalue weighted by atomic mass is 16.1. The van der Waals surface area contributed by atoms with Crippen molar-refractivity contribution in [2.45, 2.75) is 26.2 Å². The number of amides is 1. The van der Waals surface area contributed by atoms with Gasteiger partial charge in [0.15, 0.2) is 5.82 Å². The first-order valence-corrected chi connectivity index (χ1v) is 8.72. The lowest BCUT2D eigenvalue weighted by Gasteiger charge is -2.28. The van der Waals surface area contributed by atoms with E-state index in [9.17, 15) is 4.79 Å². The molecule has 6 heteroatoms. The zero-order valence-corrected chi connectivity index (χ0v) is 15.1. The molecule has 0 bridgehead atoms. The molecule has 1 aromatic heterocycles. The van der Waals surface area contributed by atoms with E-state index in [0.29, 0.717) is 11.3 Å². The molecule has 2 heterocycles. The first-order valence-electron chi connectivity index (χ1n) is 8.72. The van der Waals surface area contributed by atoms with Gasteiger partial charge in [-0.05, 0) is 38.3 Å². The molecule has 25 heavy (non-hydrogen) atoms. The Kier molecular flexibility index (Phi) is 5.16. The molecule has 1 aromatic carbocycles.